The van der Waals surface area contributed by atoms with E-state index >= 15 is 0 Å². The maximum atomic E-state index is 13.0. The van der Waals surface area contributed by atoms with Gasteiger partial charge in [-0.1, -0.05) is 13.0 Å². The van der Waals surface area contributed by atoms with E-state index in [9.17, 15) is 9.90 Å². The Bertz CT molecular complexity index is 965. The minimum Gasteiger partial charge on any atom is -0.391 e. The van der Waals surface area contributed by atoms with Crippen molar-refractivity contribution in [3.63, 3.8) is 0 Å². The Kier molecular flexibility index (Phi) is 9.33. The molecule has 0 saturated heterocycles. The van der Waals surface area contributed by atoms with E-state index in [0.29, 0.717) is 24.4 Å². The summed E-state index contributed by atoms with van der Waals surface area (Å²) in [5.74, 6) is 0.0751. The van der Waals surface area contributed by atoms with E-state index in [2.05, 4.69) is 65.2 Å². The van der Waals surface area contributed by atoms with Gasteiger partial charge < -0.3 is 26.0 Å². The third kappa shape index (κ3) is 5.63. The van der Waals surface area contributed by atoms with Crippen molar-refractivity contribution in [1.82, 2.24) is 25.2 Å². The van der Waals surface area contributed by atoms with Gasteiger partial charge in [0.2, 0.25) is 5.91 Å². The SMILES string of the molecule is C/C=C(\I)CCNCCCNC(=O)[C@H]1C[C@@H](n2cc(Br)c3c(N)ncnc32)[C@H](O)[C@@H]1CC. The molecule has 1 amide bonds. The molecule has 176 valence electrons. The number of aromatic nitrogens is 3. The molecule has 1 aliphatic rings. The summed E-state index contributed by atoms with van der Waals surface area (Å²) in [6.07, 6.45) is 8.00. The number of nitrogen functional groups attached to an aromatic ring is 1. The van der Waals surface area contributed by atoms with Gasteiger partial charge in [-0.15, -0.1) is 0 Å². The fraction of sp³-hybridized carbons (Fsp3) is 0.591. The van der Waals surface area contributed by atoms with Crippen LogP contribution in [0.15, 0.2) is 26.7 Å². The molecule has 0 spiro atoms. The molecular weight excluding hydrogens is 587 g/mol. The van der Waals surface area contributed by atoms with Crippen LogP contribution >= 0.6 is 38.5 Å². The normalized spacial score (nSPS) is 23.7. The van der Waals surface area contributed by atoms with Crippen molar-refractivity contribution in [3.8, 4) is 0 Å². The zero-order chi connectivity index (χ0) is 23.3. The number of halogens is 2. The van der Waals surface area contributed by atoms with E-state index < -0.39 is 6.10 Å². The molecule has 0 aliphatic heterocycles. The first kappa shape index (κ1) is 25.4. The number of amides is 1. The molecule has 10 heteroatoms. The van der Waals surface area contributed by atoms with Crippen LogP contribution in [0.4, 0.5) is 5.82 Å². The Balaban J connectivity index is 1.59. The average Bonchev–Trinajstić information content (AvgIpc) is 3.29. The maximum Gasteiger partial charge on any atom is 0.223 e. The van der Waals surface area contributed by atoms with Gasteiger partial charge >= 0.3 is 0 Å². The molecule has 4 atom stereocenters. The number of carbonyl (C=O) groups is 1. The highest BCUT2D eigenvalue weighted by molar-refractivity contribution is 14.1. The second-order valence-electron chi connectivity index (χ2n) is 8.19. The highest BCUT2D eigenvalue weighted by atomic mass is 127. The minimum atomic E-state index is -0.634. The number of aliphatic hydroxyl groups excluding tert-OH is 1. The molecule has 0 radical (unpaired) electrons. The van der Waals surface area contributed by atoms with Crippen LogP contribution in [-0.2, 0) is 4.79 Å². The minimum absolute atomic E-state index is 0.0199. The molecule has 0 unspecified atom stereocenters. The van der Waals surface area contributed by atoms with Crippen molar-refractivity contribution in [1.29, 1.82) is 0 Å². The van der Waals surface area contributed by atoms with Crippen LogP contribution in [-0.4, -0.2) is 51.3 Å². The molecule has 32 heavy (non-hydrogen) atoms. The number of allylic oxidation sites excluding steroid dienone is 1. The number of rotatable bonds is 10. The van der Waals surface area contributed by atoms with Crippen molar-refractivity contribution in [2.75, 3.05) is 25.4 Å². The summed E-state index contributed by atoms with van der Waals surface area (Å²) in [4.78, 5) is 21.4. The third-order valence-electron chi connectivity index (χ3n) is 6.29. The van der Waals surface area contributed by atoms with Gasteiger partial charge in [0.15, 0.2) is 0 Å². The van der Waals surface area contributed by atoms with Crippen molar-refractivity contribution in [2.24, 2.45) is 11.8 Å². The average molecular weight is 619 g/mol. The van der Waals surface area contributed by atoms with E-state index in [1.807, 2.05) is 24.6 Å². The molecule has 2 aromatic heterocycles. The zero-order valence-corrected chi connectivity index (χ0v) is 22.3. The van der Waals surface area contributed by atoms with Crippen LogP contribution in [0.1, 0.15) is 45.6 Å². The lowest BCUT2D eigenvalue weighted by Crippen LogP contribution is -2.36. The van der Waals surface area contributed by atoms with Gasteiger partial charge in [0.05, 0.1) is 17.5 Å². The fourth-order valence-electron chi connectivity index (χ4n) is 4.55. The molecule has 8 nitrogen and oxygen atoms in total. The van der Waals surface area contributed by atoms with Crippen molar-refractivity contribution in [2.45, 2.75) is 51.7 Å². The summed E-state index contributed by atoms with van der Waals surface area (Å²) in [7, 11) is 0. The predicted molar refractivity (Wildman–Crippen MR) is 139 cm³/mol. The summed E-state index contributed by atoms with van der Waals surface area (Å²) < 4.78 is 4.07. The highest BCUT2D eigenvalue weighted by Crippen LogP contribution is 2.44. The van der Waals surface area contributed by atoms with Gasteiger partial charge in [-0.05, 0) is 93.7 Å². The molecule has 1 fully saturated rings. The van der Waals surface area contributed by atoms with E-state index in [0.717, 1.165) is 42.2 Å². The first-order valence-corrected chi connectivity index (χ1v) is 13.0. The van der Waals surface area contributed by atoms with Gasteiger partial charge in [-0.3, -0.25) is 4.79 Å². The summed E-state index contributed by atoms with van der Waals surface area (Å²) >= 11 is 5.88. The quantitative estimate of drug-likeness (QED) is 0.239. The van der Waals surface area contributed by atoms with Crippen LogP contribution < -0.4 is 16.4 Å². The topological polar surface area (TPSA) is 118 Å². The highest BCUT2D eigenvalue weighted by Gasteiger charge is 2.46. The van der Waals surface area contributed by atoms with E-state index in [-0.39, 0.29) is 23.8 Å². The standard InChI is InChI=1S/C22H32BrIN6O2/c1-3-13(24)6-9-26-7-5-8-27-22(32)15-10-17(19(31)14(15)4-2)30-11-16(23)18-20(25)28-12-29-21(18)30/h3,11-12,14-15,17,19,26,31H,4-10H2,1-2H3,(H,27,32)(H2,25,28,29)/b13-3-/t14-,15+,17-,19-/m1/s1. The molecule has 1 aliphatic carbocycles. The summed E-state index contributed by atoms with van der Waals surface area (Å²) in [5, 5.41) is 18.3. The van der Waals surface area contributed by atoms with Crippen LogP contribution in [0.25, 0.3) is 11.0 Å². The fourth-order valence-corrected chi connectivity index (χ4v) is 5.42. The van der Waals surface area contributed by atoms with E-state index in [1.54, 1.807) is 0 Å². The van der Waals surface area contributed by atoms with Gasteiger partial charge in [-0.2, -0.15) is 0 Å². The molecule has 1 saturated carbocycles. The number of anilines is 1. The molecule has 3 rings (SSSR count). The Morgan fingerprint density at radius 3 is 2.91 bits per heavy atom. The zero-order valence-electron chi connectivity index (χ0n) is 18.5. The Morgan fingerprint density at radius 2 is 2.19 bits per heavy atom. The number of carbonyl (C=O) groups excluding carboxylic acids is 1. The predicted octanol–water partition coefficient (Wildman–Crippen LogP) is 3.55. The maximum absolute atomic E-state index is 13.0. The van der Waals surface area contributed by atoms with Crippen molar-refractivity contribution >= 4 is 61.3 Å². The number of fused-ring (bicyclic) bond motifs is 1. The van der Waals surface area contributed by atoms with Gasteiger partial charge in [0.25, 0.3) is 0 Å². The van der Waals surface area contributed by atoms with Gasteiger partial charge in [0, 0.05) is 23.1 Å². The second-order valence-corrected chi connectivity index (χ2v) is 10.4. The third-order valence-corrected chi connectivity index (χ3v) is 8.05. The summed E-state index contributed by atoms with van der Waals surface area (Å²) in [5.41, 5.74) is 6.69. The number of nitrogens with one attached hydrogen (secondary N) is 2. The van der Waals surface area contributed by atoms with Crippen LogP contribution in [0.2, 0.25) is 0 Å². The number of hydrogen-bond donors (Lipinski definition) is 4. The lowest BCUT2D eigenvalue weighted by Gasteiger charge is -2.21. The van der Waals surface area contributed by atoms with E-state index in [1.165, 1.54) is 9.91 Å². The molecule has 2 heterocycles. The van der Waals surface area contributed by atoms with Gasteiger partial charge in [-0.25, -0.2) is 9.97 Å². The lowest BCUT2D eigenvalue weighted by atomic mass is 9.91. The first-order chi connectivity index (χ1) is 15.4. The Labute approximate surface area is 211 Å². The number of nitrogens with zero attached hydrogens (tertiary/aromatic N) is 3. The Hall–Kier alpha value is -1.24. The lowest BCUT2D eigenvalue weighted by molar-refractivity contribution is -0.126. The monoisotopic (exact) mass is 618 g/mol. The number of aliphatic hydroxyl groups is 1. The summed E-state index contributed by atoms with van der Waals surface area (Å²) in [6.45, 7) is 6.51. The van der Waals surface area contributed by atoms with Gasteiger partial charge in [0.1, 0.15) is 17.8 Å². The van der Waals surface area contributed by atoms with E-state index in [4.69, 9.17) is 5.73 Å². The van der Waals surface area contributed by atoms with Crippen LogP contribution in [0.5, 0.6) is 0 Å². The largest absolute Gasteiger partial charge is 0.391 e. The number of hydrogen-bond acceptors (Lipinski definition) is 6. The van der Waals surface area contributed by atoms with Crippen molar-refractivity contribution < 1.29 is 9.90 Å². The van der Waals surface area contributed by atoms with Crippen molar-refractivity contribution in [3.05, 3.63) is 26.7 Å². The summed E-state index contributed by atoms with van der Waals surface area (Å²) in [6, 6.07) is -0.241. The molecule has 5 N–H and O–H groups in total. The number of nitrogens with two attached hydrogens (primary N) is 1. The second kappa shape index (κ2) is 11.8. The molecule has 0 bridgehead atoms. The molecule has 2 aromatic rings. The smallest absolute Gasteiger partial charge is 0.223 e. The first-order valence-electron chi connectivity index (χ1n) is 11.1. The Morgan fingerprint density at radius 1 is 1.41 bits per heavy atom. The molecular formula is C22H32BrIN6O2. The molecule has 0 aromatic carbocycles. The van der Waals surface area contributed by atoms with Crippen LogP contribution in [0, 0.1) is 11.8 Å². The van der Waals surface area contributed by atoms with Crippen LogP contribution in [0.3, 0.4) is 0 Å².